The molecular formula is C21H25N5O9S3. The van der Waals surface area contributed by atoms with Gasteiger partial charge in [0.05, 0.1) is 33.8 Å². The second-order valence-corrected chi connectivity index (χ2v) is 12.9. The molecule has 0 aliphatic carbocycles. The van der Waals surface area contributed by atoms with Crippen molar-refractivity contribution in [1.29, 1.82) is 0 Å². The van der Waals surface area contributed by atoms with Crippen molar-refractivity contribution >= 4 is 52.8 Å². The Morgan fingerprint density at radius 3 is 2.03 bits per heavy atom. The molecule has 0 radical (unpaired) electrons. The van der Waals surface area contributed by atoms with Crippen molar-refractivity contribution in [2.75, 3.05) is 24.4 Å². The number of rotatable bonds is 8. The van der Waals surface area contributed by atoms with Crippen LogP contribution in [0.25, 0.3) is 0 Å². The first-order valence-electron chi connectivity index (χ1n) is 10.3. The summed E-state index contributed by atoms with van der Waals surface area (Å²) in [7, 11) is -10.7. The van der Waals surface area contributed by atoms with Crippen LogP contribution in [0.15, 0.2) is 70.5 Å². The van der Waals surface area contributed by atoms with Crippen molar-refractivity contribution in [3.8, 4) is 5.75 Å². The van der Waals surface area contributed by atoms with Crippen LogP contribution in [0.4, 0.5) is 22.7 Å². The van der Waals surface area contributed by atoms with Gasteiger partial charge in [-0.15, -0.1) is 4.13 Å². The van der Waals surface area contributed by atoms with Gasteiger partial charge in [-0.1, -0.05) is 18.2 Å². The molecule has 0 saturated carbocycles. The summed E-state index contributed by atoms with van der Waals surface area (Å²) in [4.78, 5) is 10.2. The van der Waals surface area contributed by atoms with E-state index in [9.17, 15) is 35.4 Å². The lowest BCUT2D eigenvalue weighted by molar-refractivity contribution is -0.384. The molecule has 0 saturated heterocycles. The SMILES string of the molecule is COc1cc(N)ccc1Nc1ccc(S(=O)(=O)NS(C)(=O)=O)cc1[N+](=O)[O-].Cc1ccccc1S(N)(=O)=O. The summed E-state index contributed by atoms with van der Waals surface area (Å²) in [5.74, 6) is 0.319. The van der Waals surface area contributed by atoms with E-state index >= 15 is 0 Å². The molecular weight excluding hydrogens is 562 g/mol. The van der Waals surface area contributed by atoms with Crippen LogP contribution in [-0.4, -0.2) is 43.5 Å². The number of hydrogen-bond donors (Lipinski definition) is 4. The highest BCUT2D eigenvalue weighted by Crippen LogP contribution is 2.34. The Morgan fingerprint density at radius 2 is 1.53 bits per heavy atom. The lowest BCUT2D eigenvalue weighted by Crippen LogP contribution is -2.29. The lowest BCUT2D eigenvalue weighted by atomic mass is 10.2. The standard InChI is InChI=1S/C14H16N4O7S2.C7H9NO2S/c1-25-14-7-9(15)3-5-12(14)16-11-6-4-10(8-13(11)18(19)20)27(23,24)17-26(2,21)22;1-6-4-2-3-5-7(6)11(8,9)10/h3-8,16-17H,15H2,1-2H3;2-5H,1H3,(H2,8,9,10). The molecule has 14 nitrogen and oxygen atoms in total. The van der Waals surface area contributed by atoms with E-state index in [1.165, 1.54) is 29.4 Å². The molecule has 0 amide bonds. The average molecular weight is 588 g/mol. The summed E-state index contributed by atoms with van der Waals surface area (Å²) in [6.45, 7) is 1.71. The average Bonchev–Trinajstić information content (AvgIpc) is 2.78. The second kappa shape index (κ2) is 11.7. The van der Waals surface area contributed by atoms with Crippen LogP contribution in [0.1, 0.15) is 5.56 Å². The molecule has 0 spiro atoms. The summed E-state index contributed by atoms with van der Waals surface area (Å²) in [6, 6.07) is 14.1. The van der Waals surface area contributed by atoms with Gasteiger partial charge < -0.3 is 15.8 Å². The third-order valence-corrected chi connectivity index (χ3v) is 8.67. The van der Waals surface area contributed by atoms with E-state index in [1.807, 2.05) is 0 Å². The minimum absolute atomic E-state index is 0.0265. The number of ether oxygens (including phenoxy) is 1. The van der Waals surface area contributed by atoms with Crippen LogP contribution in [0.2, 0.25) is 0 Å². The van der Waals surface area contributed by atoms with Crippen molar-refractivity contribution in [3.63, 3.8) is 0 Å². The maximum atomic E-state index is 12.1. The fraction of sp³-hybridized carbons (Fsp3) is 0.143. The van der Waals surface area contributed by atoms with Crippen molar-refractivity contribution in [2.45, 2.75) is 16.7 Å². The van der Waals surface area contributed by atoms with Crippen LogP contribution in [0, 0.1) is 17.0 Å². The largest absolute Gasteiger partial charge is 0.494 e. The highest BCUT2D eigenvalue weighted by Gasteiger charge is 2.24. The highest BCUT2D eigenvalue weighted by molar-refractivity contribution is 8.04. The van der Waals surface area contributed by atoms with Gasteiger partial charge in [-0.05, 0) is 42.8 Å². The summed E-state index contributed by atoms with van der Waals surface area (Å²) >= 11 is 0. The predicted molar refractivity (Wildman–Crippen MR) is 142 cm³/mol. The third kappa shape index (κ3) is 8.38. The third-order valence-electron chi connectivity index (χ3n) is 4.63. The van der Waals surface area contributed by atoms with Crippen molar-refractivity contribution in [2.24, 2.45) is 5.14 Å². The van der Waals surface area contributed by atoms with Crippen LogP contribution < -0.4 is 25.1 Å². The highest BCUT2D eigenvalue weighted by atomic mass is 32.3. The lowest BCUT2D eigenvalue weighted by Gasteiger charge is -2.13. The Balaban J connectivity index is 0.000000384. The van der Waals surface area contributed by atoms with Crippen molar-refractivity contribution < 1.29 is 34.9 Å². The van der Waals surface area contributed by atoms with Gasteiger partial charge in [0, 0.05) is 17.8 Å². The number of nitrogens with two attached hydrogens (primary N) is 2. The molecule has 206 valence electrons. The molecule has 6 N–H and O–H groups in total. The number of aryl methyl sites for hydroxylation is 1. The van der Waals surface area contributed by atoms with Gasteiger partial charge in [-0.3, -0.25) is 10.1 Å². The molecule has 0 aliphatic heterocycles. The van der Waals surface area contributed by atoms with E-state index in [-0.39, 0.29) is 10.6 Å². The van der Waals surface area contributed by atoms with Gasteiger partial charge in [-0.25, -0.2) is 30.4 Å². The summed E-state index contributed by atoms with van der Waals surface area (Å²) in [5.41, 5.74) is 6.50. The minimum Gasteiger partial charge on any atom is -0.494 e. The van der Waals surface area contributed by atoms with E-state index in [0.29, 0.717) is 28.9 Å². The number of nitro benzene ring substituents is 1. The molecule has 17 heteroatoms. The number of primary sulfonamides is 1. The zero-order chi connectivity index (χ0) is 28.9. The van der Waals surface area contributed by atoms with Crippen molar-refractivity contribution in [1.82, 2.24) is 4.13 Å². The molecule has 38 heavy (non-hydrogen) atoms. The number of sulfonamides is 3. The molecule has 0 aliphatic rings. The zero-order valence-electron chi connectivity index (χ0n) is 20.3. The quantitative estimate of drug-likeness (QED) is 0.169. The Bertz CT molecular complexity index is 1670. The molecule has 0 unspecified atom stereocenters. The van der Waals surface area contributed by atoms with Crippen LogP contribution in [0.5, 0.6) is 5.75 Å². The van der Waals surface area contributed by atoms with Crippen LogP contribution in [0.3, 0.4) is 0 Å². The number of hydrogen-bond acceptors (Lipinski definition) is 11. The second-order valence-electron chi connectivity index (χ2n) is 7.69. The topological polar surface area (TPSA) is 231 Å². The maximum absolute atomic E-state index is 12.1. The number of methoxy groups -OCH3 is 1. The number of nitrogens with zero attached hydrogens (tertiary/aromatic N) is 1. The maximum Gasteiger partial charge on any atom is 0.294 e. The molecule has 3 aromatic carbocycles. The molecule has 3 rings (SSSR count). The van der Waals surface area contributed by atoms with Gasteiger partial charge >= 0.3 is 0 Å². The van der Waals surface area contributed by atoms with Crippen LogP contribution in [-0.2, 0) is 30.1 Å². The normalized spacial score (nSPS) is 11.7. The fourth-order valence-corrected chi connectivity index (χ4v) is 6.29. The van der Waals surface area contributed by atoms with Crippen LogP contribution >= 0.6 is 0 Å². The number of nitro groups is 1. The van der Waals surface area contributed by atoms with Gasteiger partial charge in [0.1, 0.15) is 11.4 Å². The molecule has 0 bridgehead atoms. The Hall–Kier alpha value is -3.77. The smallest absolute Gasteiger partial charge is 0.294 e. The van der Waals surface area contributed by atoms with Crippen molar-refractivity contribution in [3.05, 3.63) is 76.3 Å². The molecule has 0 atom stereocenters. The molecule has 0 fully saturated rings. The predicted octanol–water partition coefficient (Wildman–Crippen LogP) is 1.81. The van der Waals surface area contributed by atoms with E-state index in [2.05, 4.69) is 5.32 Å². The first kappa shape index (κ1) is 30.5. The minimum atomic E-state index is -4.49. The van der Waals surface area contributed by atoms with Gasteiger partial charge in [0.2, 0.25) is 20.0 Å². The van der Waals surface area contributed by atoms with Gasteiger partial charge in [0.25, 0.3) is 15.7 Å². The molecule has 0 heterocycles. The number of anilines is 3. The first-order valence-corrected chi connectivity index (χ1v) is 15.2. The molecule has 3 aromatic rings. The number of nitrogens with one attached hydrogen (secondary N) is 2. The Labute approximate surface area is 219 Å². The van der Waals surface area contributed by atoms with Gasteiger partial charge in [-0.2, -0.15) is 0 Å². The van der Waals surface area contributed by atoms with E-state index in [1.54, 1.807) is 31.2 Å². The van der Waals surface area contributed by atoms with Gasteiger partial charge in [0.15, 0.2) is 0 Å². The summed E-state index contributed by atoms with van der Waals surface area (Å²) in [6.07, 6.45) is 0.655. The number of benzene rings is 3. The monoisotopic (exact) mass is 587 g/mol. The summed E-state index contributed by atoms with van der Waals surface area (Å²) in [5, 5.41) is 19.1. The van der Waals surface area contributed by atoms with E-state index in [0.717, 1.165) is 18.2 Å². The first-order chi connectivity index (χ1) is 17.4. The Kier molecular flexibility index (Phi) is 9.41. The zero-order valence-corrected chi connectivity index (χ0v) is 22.7. The summed E-state index contributed by atoms with van der Waals surface area (Å²) < 4.78 is 74.7. The van der Waals surface area contributed by atoms with E-state index < -0.39 is 45.6 Å². The van der Waals surface area contributed by atoms with E-state index in [4.69, 9.17) is 15.6 Å². The number of nitrogen functional groups attached to an aromatic ring is 1. The molecule has 0 aromatic heterocycles. The Morgan fingerprint density at radius 1 is 0.921 bits per heavy atom. The fourth-order valence-electron chi connectivity index (χ4n) is 3.01.